The van der Waals surface area contributed by atoms with Gasteiger partial charge in [-0.05, 0) is 6.07 Å². The van der Waals surface area contributed by atoms with Gasteiger partial charge in [-0.25, -0.2) is 17.9 Å². The molecule has 1 aliphatic heterocycles. The number of carboxylic acid groups (broad SMARTS) is 1. The maximum Gasteiger partial charge on any atom is 0.336 e. The van der Waals surface area contributed by atoms with Gasteiger partial charge in [0.05, 0.1) is 5.56 Å². The van der Waals surface area contributed by atoms with Gasteiger partial charge in [-0.15, -0.1) is 11.3 Å². The van der Waals surface area contributed by atoms with E-state index in [1.54, 1.807) is 11.8 Å². The molecular formula is C10H13NO4S4. The normalized spacial score (nSPS) is 20.3. The number of nitrogens with one attached hydrogen (secondary N) is 1. The summed E-state index contributed by atoms with van der Waals surface area (Å²) >= 11 is 4.53. The van der Waals surface area contributed by atoms with Gasteiger partial charge in [0.2, 0.25) is 10.0 Å². The highest BCUT2D eigenvalue weighted by Gasteiger charge is 2.21. The molecule has 5 nitrogen and oxygen atoms in total. The first-order chi connectivity index (χ1) is 8.99. The van der Waals surface area contributed by atoms with Crippen LogP contribution < -0.4 is 4.72 Å². The molecule has 2 heterocycles. The average Bonchev–Trinajstić information content (AvgIpc) is 2.88. The Morgan fingerprint density at radius 1 is 1.47 bits per heavy atom. The third-order valence-electron chi connectivity index (χ3n) is 2.47. The van der Waals surface area contributed by atoms with Crippen LogP contribution in [0.2, 0.25) is 0 Å². The lowest BCUT2D eigenvalue weighted by Crippen LogP contribution is -2.33. The lowest BCUT2D eigenvalue weighted by Gasteiger charge is -2.20. The zero-order valence-electron chi connectivity index (χ0n) is 9.87. The van der Waals surface area contributed by atoms with Gasteiger partial charge in [0.1, 0.15) is 4.21 Å². The molecule has 1 atom stereocenters. The van der Waals surface area contributed by atoms with Crippen molar-refractivity contribution >= 4 is 50.9 Å². The van der Waals surface area contributed by atoms with Gasteiger partial charge in [0.25, 0.3) is 0 Å². The van der Waals surface area contributed by atoms with Crippen LogP contribution >= 0.6 is 34.9 Å². The van der Waals surface area contributed by atoms with E-state index in [1.807, 2.05) is 11.8 Å². The highest BCUT2D eigenvalue weighted by molar-refractivity contribution is 8.06. The van der Waals surface area contributed by atoms with Crippen molar-refractivity contribution in [1.29, 1.82) is 0 Å². The molecule has 1 unspecified atom stereocenters. The van der Waals surface area contributed by atoms with Crippen LogP contribution in [0, 0.1) is 0 Å². The van der Waals surface area contributed by atoms with Gasteiger partial charge in [-0.2, -0.15) is 23.5 Å². The lowest BCUT2D eigenvalue weighted by molar-refractivity contribution is 0.0697. The number of rotatable bonds is 5. The standard InChI is InChI=1S/C10H13NO4S4/c12-10(13)7-3-9(18-5-7)19(14,15)11-4-8-6-16-1-2-17-8/h3,5,8,11H,1-2,4,6H2,(H,12,13). The zero-order chi connectivity index (χ0) is 13.9. The second kappa shape index (κ2) is 6.49. The fourth-order valence-corrected chi connectivity index (χ4v) is 6.49. The van der Waals surface area contributed by atoms with Crippen LogP contribution in [-0.2, 0) is 10.0 Å². The summed E-state index contributed by atoms with van der Waals surface area (Å²) in [4.78, 5) is 10.7. The van der Waals surface area contributed by atoms with Crippen molar-refractivity contribution in [2.45, 2.75) is 9.46 Å². The Kier molecular flexibility index (Phi) is 5.18. The minimum absolute atomic E-state index is 0.00738. The van der Waals surface area contributed by atoms with E-state index in [4.69, 9.17) is 5.11 Å². The Balaban J connectivity index is 1.98. The second-order valence-electron chi connectivity index (χ2n) is 3.88. The summed E-state index contributed by atoms with van der Waals surface area (Å²) in [7, 11) is -3.59. The summed E-state index contributed by atoms with van der Waals surface area (Å²) < 4.78 is 26.6. The minimum Gasteiger partial charge on any atom is -0.478 e. The van der Waals surface area contributed by atoms with Crippen molar-refractivity contribution < 1.29 is 18.3 Å². The van der Waals surface area contributed by atoms with Gasteiger partial charge in [0, 0.05) is 34.4 Å². The molecule has 1 aromatic heterocycles. The van der Waals surface area contributed by atoms with E-state index in [-0.39, 0.29) is 15.0 Å². The number of carbonyl (C=O) groups is 1. The molecule has 1 aliphatic rings. The van der Waals surface area contributed by atoms with Crippen molar-refractivity contribution in [1.82, 2.24) is 4.72 Å². The predicted octanol–water partition coefficient (Wildman–Crippen LogP) is 1.57. The molecule has 19 heavy (non-hydrogen) atoms. The molecule has 2 rings (SSSR count). The smallest absolute Gasteiger partial charge is 0.336 e. The maximum absolute atomic E-state index is 12.0. The monoisotopic (exact) mass is 339 g/mol. The minimum atomic E-state index is -3.59. The number of hydrogen-bond acceptors (Lipinski definition) is 6. The van der Waals surface area contributed by atoms with Crippen molar-refractivity contribution in [3.63, 3.8) is 0 Å². The van der Waals surface area contributed by atoms with Crippen LogP contribution in [0.3, 0.4) is 0 Å². The second-order valence-corrected chi connectivity index (χ2v) is 9.34. The van der Waals surface area contributed by atoms with Crippen molar-refractivity contribution in [3.05, 3.63) is 17.0 Å². The molecule has 0 bridgehead atoms. The topological polar surface area (TPSA) is 83.5 Å². The van der Waals surface area contributed by atoms with E-state index in [1.165, 1.54) is 11.4 Å². The van der Waals surface area contributed by atoms with Crippen LogP contribution in [0.25, 0.3) is 0 Å². The Bertz CT molecular complexity index is 548. The van der Waals surface area contributed by atoms with Gasteiger partial charge in [-0.1, -0.05) is 0 Å². The van der Waals surface area contributed by atoms with Gasteiger partial charge in [-0.3, -0.25) is 0 Å². The highest BCUT2D eigenvalue weighted by Crippen LogP contribution is 2.24. The van der Waals surface area contributed by atoms with Gasteiger partial charge in [0.15, 0.2) is 0 Å². The van der Waals surface area contributed by atoms with Crippen LogP contribution in [0.4, 0.5) is 0 Å². The van der Waals surface area contributed by atoms with E-state index < -0.39 is 16.0 Å². The molecule has 0 saturated carbocycles. The molecule has 0 aromatic carbocycles. The molecule has 2 N–H and O–H groups in total. The number of hydrogen-bond donors (Lipinski definition) is 2. The SMILES string of the molecule is O=C(O)c1csc(S(=O)(=O)NCC2CSCCS2)c1. The first kappa shape index (κ1) is 15.2. The molecular weight excluding hydrogens is 326 g/mol. The molecule has 9 heteroatoms. The Labute approximate surface area is 124 Å². The fraction of sp³-hybridized carbons (Fsp3) is 0.500. The van der Waals surface area contributed by atoms with E-state index in [0.717, 1.165) is 28.6 Å². The maximum atomic E-state index is 12.0. The predicted molar refractivity (Wildman–Crippen MR) is 80.0 cm³/mol. The Morgan fingerprint density at radius 2 is 2.26 bits per heavy atom. The van der Waals surface area contributed by atoms with Crippen LogP contribution in [0.5, 0.6) is 0 Å². The number of thiophene rings is 1. The largest absolute Gasteiger partial charge is 0.478 e. The van der Waals surface area contributed by atoms with Crippen molar-refractivity contribution in [2.75, 3.05) is 23.8 Å². The van der Waals surface area contributed by atoms with Crippen LogP contribution in [-0.4, -0.2) is 48.5 Å². The summed E-state index contributed by atoms with van der Waals surface area (Å²) in [5.41, 5.74) is 0.00738. The van der Waals surface area contributed by atoms with Crippen molar-refractivity contribution in [2.24, 2.45) is 0 Å². The molecule has 0 radical (unpaired) electrons. The molecule has 0 spiro atoms. The number of aromatic carboxylic acids is 1. The van der Waals surface area contributed by atoms with E-state index >= 15 is 0 Å². The van der Waals surface area contributed by atoms with Gasteiger partial charge >= 0.3 is 5.97 Å². The summed E-state index contributed by atoms with van der Waals surface area (Å²) in [6.07, 6.45) is 0. The molecule has 1 saturated heterocycles. The number of sulfonamides is 1. The molecule has 1 aromatic rings. The highest BCUT2D eigenvalue weighted by atomic mass is 32.2. The van der Waals surface area contributed by atoms with E-state index in [2.05, 4.69) is 4.72 Å². The van der Waals surface area contributed by atoms with E-state index in [0.29, 0.717) is 6.54 Å². The molecule has 106 valence electrons. The zero-order valence-corrected chi connectivity index (χ0v) is 13.1. The van der Waals surface area contributed by atoms with Gasteiger partial charge < -0.3 is 5.11 Å². The fourth-order valence-electron chi connectivity index (χ4n) is 1.50. The lowest BCUT2D eigenvalue weighted by atomic mass is 10.4. The number of carboxylic acids is 1. The van der Waals surface area contributed by atoms with Crippen molar-refractivity contribution in [3.8, 4) is 0 Å². The summed E-state index contributed by atoms with van der Waals surface area (Å²) in [6.45, 7) is 0.389. The first-order valence-electron chi connectivity index (χ1n) is 5.50. The van der Waals surface area contributed by atoms with Crippen LogP contribution in [0.1, 0.15) is 10.4 Å². The molecule has 1 fully saturated rings. The quantitative estimate of drug-likeness (QED) is 0.847. The third-order valence-corrected chi connectivity index (χ3v) is 8.18. The summed E-state index contributed by atoms with van der Waals surface area (Å²) in [5, 5.41) is 10.4. The molecule has 0 aliphatic carbocycles. The third kappa shape index (κ3) is 4.12. The van der Waals surface area contributed by atoms with Crippen LogP contribution in [0.15, 0.2) is 15.7 Å². The Morgan fingerprint density at radius 3 is 2.84 bits per heavy atom. The summed E-state index contributed by atoms with van der Waals surface area (Å²) in [5.74, 6) is 1.98. The average molecular weight is 339 g/mol. The molecule has 0 amide bonds. The van der Waals surface area contributed by atoms with E-state index in [9.17, 15) is 13.2 Å². The first-order valence-corrected chi connectivity index (χ1v) is 10.1. The summed E-state index contributed by atoms with van der Waals surface area (Å²) in [6, 6.07) is 1.19. The Hall–Kier alpha value is -0.220. The number of thioether (sulfide) groups is 2.